The second-order valence-electron chi connectivity index (χ2n) is 11.9. The molecule has 174 valence electrons. The normalized spacial score (nSPS) is 43.7. The van der Waals surface area contributed by atoms with Gasteiger partial charge in [0, 0.05) is 25.9 Å². The first-order valence-electron chi connectivity index (χ1n) is 12.6. The van der Waals surface area contributed by atoms with Crippen molar-refractivity contribution in [3.05, 3.63) is 11.6 Å². The molecule has 2 saturated heterocycles. The van der Waals surface area contributed by atoms with Gasteiger partial charge in [0.25, 0.3) is 0 Å². The van der Waals surface area contributed by atoms with E-state index in [1.807, 2.05) is 0 Å². The highest BCUT2D eigenvalue weighted by Gasteiger charge is 2.64. The molecule has 3 unspecified atom stereocenters. The van der Waals surface area contributed by atoms with E-state index < -0.39 is 17.3 Å². The zero-order valence-electron chi connectivity index (χ0n) is 19.9. The van der Waals surface area contributed by atoms with Gasteiger partial charge < -0.3 is 19.5 Å². The van der Waals surface area contributed by atoms with Crippen LogP contribution in [0.4, 0.5) is 0 Å². The summed E-state index contributed by atoms with van der Waals surface area (Å²) < 4.78 is 12.1. The zero-order valence-corrected chi connectivity index (χ0v) is 19.9. The summed E-state index contributed by atoms with van der Waals surface area (Å²) in [4.78, 5) is 15.6. The molecule has 5 nitrogen and oxygen atoms in total. The van der Waals surface area contributed by atoms with Crippen molar-refractivity contribution >= 4 is 5.91 Å². The summed E-state index contributed by atoms with van der Waals surface area (Å²) in [6, 6.07) is 0. The van der Waals surface area contributed by atoms with Crippen molar-refractivity contribution in [2.24, 2.45) is 34.5 Å². The van der Waals surface area contributed by atoms with Crippen LogP contribution >= 0.6 is 0 Å². The first-order valence-corrected chi connectivity index (χ1v) is 12.6. The van der Waals surface area contributed by atoms with Gasteiger partial charge in [-0.05, 0) is 61.2 Å². The number of nitrogens with zero attached hydrogens (tertiary/aromatic N) is 1. The van der Waals surface area contributed by atoms with Crippen LogP contribution in [-0.4, -0.2) is 54.1 Å². The van der Waals surface area contributed by atoms with Crippen LogP contribution < -0.4 is 0 Å². The molecule has 3 aliphatic carbocycles. The highest BCUT2D eigenvalue weighted by Crippen LogP contribution is 2.64. The third kappa shape index (κ3) is 3.33. The summed E-state index contributed by atoms with van der Waals surface area (Å²) in [5.74, 6) is 1.48. The van der Waals surface area contributed by atoms with E-state index in [9.17, 15) is 9.90 Å². The summed E-state index contributed by atoms with van der Waals surface area (Å²) in [5, 5.41) is 11.5. The predicted molar refractivity (Wildman–Crippen MR) is 119 cm³/mol. The summed E-state index contributed by atoms with van der Waals surface area (Å²) in [7, 11) is 0. The lowest BCUT2D eigenvalue weighted by Gasteiger charge is -2.58. The number of aliphatic hydroxyl groups is 1. The van der Waals surface area contributed by atoms with Crippen molar-refractivity contribution in [1.82, 2.24) is 4.90 Å². The third-order valence-corrected chi connectivity index (χ3v) is 9.65. The van der Waals surface area contributed by atoms with Gasteiger partial charge >= 0.3 is 0 Å². The van der Waals surface area contributed by atoms with Crippen LogP contribution in [-0.2, 0) is 14.3 Å². The standard InChI is InChI=1S/C26H41NO4/c1-17(2)6-5-11-27-16-20-19-8-7-18-14-26(30-12-13-31-26)10-9-24(18,3)22(19)21(28)15-25(20,4)23(27)29/h7,17,19-22,28H,5-6,8-16H2,1-4H3/t19?,20?,21-,22?,24-,25-/m0/s1. The lowest BCUT2D eigenvalue weighted by molar-refractivity contribution is -0.192. The Morgan fingerprint density at radius 1 is 1.19 bits per heavy atom. The predicted octanol–water partition coefficient (Wildman–Crippen LogP) is 4.15. The number of allylic oxidation sites excluding steroid dienone is 1. The quantitative estimate of drug-likeness (QED) is 0.680. The minimum absolute atomic E-state index is 0.0155. The molecular weight excluding hydrogens is 390 g/mol. The largest absolute Gasteiger partial charge is 0.393 e. The summed E-state index contributed by atoms with van der Waals surface area (Å²) in [5.41, 5.74) is 0.995. The fourth-order valence-electron chi connectivity index (χ4n) is 7.98. The van der Waals surface area contributed by atoms with E-state index in [0.29, 0.717) is 37.4 Å². The summed E-state index contributed by atoms with van der Waals surface area (Å²) >= 11 is 0. The van der Waals surface area contributed by atoms with Gasteiger partial charge in [-0.1, -0.05) is 39.3 Å². The maximum Gasteiger partial charge on any atom is 0.228 e. The van der Waals surface area contributed by atoms with Crippen LogP contribution in [0.2, 0.25) is 0 Å². The van der Waals surface area contributed by atoms with Gasteiger partial charge in [-0.15, -0.1) is 0 Å². The second kappa shape index (κ2) is 7.56. The minimum Gasteiger partial charge on any atom is -0.393 e. The zero-order chi connectivity index (χ0) is 22.0. The van der Waals surface area contributed by atoms with Crippen LogP contribution in [0, 0.1) is 34.5 Å². The molecule has 0 aromatic heterocycles. The van der Waals surface area contributed by atoms with E-state index in [2.05, 4.69) is 38.7 Å². The molecule has 2 aliphatic heterocycles. The first-order chi connectivity index (χ1) is 14.7. The van der Waals surface area contributed by atoms with E-state index in [1.54, 1.807) is 0 Å². The number of hydrogen-bond acceptors (Lipinski definition) is 4. The van der Waals surface area contributed by atoms with Gasteiger partial charge in [0.15, 0.2) is 5.79 Å². The fourth-order valence-corrected chi connectivity index (χ4v) is 7.98. The van der Waals surface area contributed by atoms with Crippen LogP contribution in [0.3, 0.4) is 0 Å². The van der Waals surface area contributed by atoms with Crippen LogP contribution in [0.5, 0.6) is 0 Å². The van der Waals surface area contributed by atoms with Gasteiger partial charge in [0.05, 0.1) is 24.7 Å². The van der Waals surface area contributed by atoms with E-state index in [-0.39, 0.29) is 17.2 Å². The maximum atomic E-state index is 13.5. The minimum atomic E-state index is -0.428. The third-order valence-electron chi connectivity index (χ3n) is 9.65. The number of rotatable bonds is 4. The smallest absolute Gasteiger partial charge is 0.228 e. The van der Waals surface area contributed by atoms with Crippen molar-refractivity contribution in [3.8, 4) is 0 Å². The summed E-state index contributed by atoms with van der Waals surface area (Å²) in [6.07, 6.45) is 8.56. The monoisotopic (exact) mass is 431 g/mol. The maximum absolute atomic E-state index is 13.5. The molecule has 1 amide bonds. The molecule has 0 bridgehead atoms. The van der Waals surface area contributed by atoms with Crippen molar-refractivity contribution in [2.45, 2.75) is 84.5 Å². The Labute approximate surface area is 187 Å². The summed E-state index contributed by atoms with van der Waals surface area (Å²) in [6.45, 7) is 12.1. The Morgan fingerprint density at radius 3 is 2.65 bits per heavy atom. The number of aliphatic hydroxyl groups excluding tert-OH is 1. The molecule has 4 fully saturated rings. The Bertz CT molecular complexity index is 757. The molecular formula is C26H41NO4. The van der Waals surface area contributed by atoms with Crippen LogP contribution in [0.15, 0.2) is 11.6 Å². The Morgan fingerprint density at radius 2 is 1.94 bits per heavy atom. The van der Waals surface area contributed by atoms with E-state index >= 15 is 0 Å². The van der Waals surface area contributed by atoms with Gasteiger partial charge in [0.1, 0.15) is 0 Å². The number of amides is 1. The van der Waals surface area contributed by atoms with Crippen LogP contribution in [0.25, 0.3) is 0 Å². The Balaban J connectivity index is 1.39. The Hall–Kier alpha value is -0.910. The topological polar surface area (TPSA) is 59.0 Å². The van der Waals surface area contributed by atoms with Crippen molar-refractivity contribution in [3.63, 3.8) is 0 Å². The molecule has 0 radical (unpaired) electrons. The molecule has 1 spiro atoms. The van der Waals surface area contributed by atoms with Gasteiger partial charge in [-0.25, -0.2) is 0 Å². The lowest BCUT2D eigenvalue weighted by Crippen LogP contribution is -2.58. The number of carbonyl (C=O) groups excluding carboxylic acids is 1. The van der Waals surface area contributed by atoms with Crippen LogP contribution in [0.1, 0.15) is 72.6 Å². The SMILES string of the molecule is CC(C)CCCN1CC2C3CC=C4CC5(CC[C@]4(C)C3[C@@H](O)C[C@]2(C)C1=O)OCCO5. The van der Waals surface area contributed by atoms with E-state index in [1.165, 1.54) is 5.57 Å². The lowest BCUT2D eigenvalue weighted by atomic mass is 9.47. The highest BCUT2D eigenvalue weighted by molar-refractivity contribution is 5.85. The molecule has 2 heterocycles. The molecule has 1 N–H and O–H groups in total. The second-order valence-corrected chi connectivity index (χ2v) is 11.9. The fraction of sp³-hybridized carbons (Fsp3) is 0.885. The van der Waals surface area contributed by atoms with E-state index in [4.69, 9.17) is 9.47 Å². The number of carbonyl (C=O) groups is 1. The number of hydrogen-bond donors (Lipinski definition) is 1. The number of fused-ring (bicyclic) bond motifs is 5. The first kappa shape index (κ1) is 21.9. The van der Waals surface area contributed by atoms with Gasteiger partial charge in [-0.3, -0.25) is 4.79 Å². The van der Waals surface area contributed by atoms with Crippen molar-refractivity contribution in [2.75, 3.05) is 26.3 Å². The molecule has 31 heavy (non-hydrogen) atoms. The molecule has 5 rings (SSSR count). The van der Waals surface area contributed by atoms with Crippen molar-refractivity contribution in [1.29, 1.82) is 0 Å². The molecule has 5 aliphatic rings. The van der Waals surface area contributed by atoms with E-state index in [0.717, 1.165) is 51.6 Å². The average Bonchev–Trinajstić information content (AvgIpc) is 3.26. The van der Waals surface area contributed by atoms with Gasteiger partial charge in [0.2, 0.25) is 5.91 Å². The Kier molecular flexibility index (Phi) is 5.35. The molecule has 0 aromatic carbocycles. The average molecular weight is 432 g/mol. The highest BCUT2D eigenvalue weighted by atomic mass is 16.7. The molecule has 5 heteroatoms. The van der Waals surface area contributed by atoms with Crippen molar-refractivity contribution < 1.29 is 19.4 Å². The molecule has 0 aromatic rings. The number of likely N-dealkylation sites (tertiary alicyclic amines) is 1. The van der Waals surface area contributed by atoms with Gasteiger partial charge in [-0.2, -0.15) is 0 Å². The number of ether oxygens (including phenoxy) is 2. The molecule has 6 atom stereocenters. The molecule has 2 saturated carbocycles.